The zero-order valence-corrected chi connectivity index (χ0v) is 14.2. The van der Waals surface area contributed by atoms with Crippen molar-refractivity contribution in [2.45, 2.75) is 19.8 Å². The van der Waals surface area contributed by atoms with Gasteiger partial charge in [-0.05, 0) is 49.2 Å². The molecule has 5 nitrogen and oxygen atoms in total. The Labute approximate surface area is 145 Å². The van der Waals surface area contributed by atoms with Gasteiger partial charge in [-0.3, -0.25) is 14.6 Å². The predicted octanol–water partition coefficient (Wildman–Crippen LogP) is 2.76. The summed E-state index contributed by atoms with van der Waals surface area (Å²) in [5.41, 5.74) is 3.54. The van der Waals surface area contributed by atoms with Crippen molar-refractivity contribution in [2.75, 3.05) is 20.2 Å². The van der Waals surface area contributed by atoms with Gasteiger partial charge in [-0.15, -0.1) is 0 Å². The van der Waals surface area contributed by atoms with Crippen LogP contribution in [0.3, 0.4) is 0 Å². The Morgan fingerprint density at radius 2 is 2.04 bits per heavy atom. The van der Waals surface area contributed by atoms with E-state index in [1.807, 2.05) is 13.0 Å². The second-order valence-electron chi connectivity index (χ2n) is 6.02. The highest BCUT2D eigenvalue weighted by atomic mass is 19.1. The summed E-state index contributed by atoms with van der Waals surface area (Å²) in [7, 11) is 1.33. The number of halogens is 1. The maximum atomic E-state index is 13.2. The number of carbonyl (C=O) groups excluding carboxylic acids is 2. The molecule has 0 N–H and O–H groups in total. The second kappa shape index (κ2) is 7.01. The molecule has 1 aliphatic heterocycles. The Morgan fingerprint density at radius 1 is 1.32 bits per heavy atom. The SMILES string of the molecule is COC(=O)CCN1CCc2cc(C)nc(-c3ccc(F)cc3)c2C1=O. The summed E-state index contributed by atoms with van der Waals surface area (Å²) >= 11 is 0. The van der Waals surface area contributed by atoms with E-state index < -0.39 is 0 Å². The van der Waals surface area contributed by atoms with Crippen molar-refractivity contribution in [3.05, 3.63) is 53.0 Å². The van der Waals surface area contributed by atoms with Crippen LogP contribution in [0.25, 0.3) is 11.3 Å². The van der Waals surface area contributed by atoms with Crippen molar-refractivity contribution in [3.63, 3.8) is 0 Å². The Hall–Kier alpha value is -2.76. The molecular formula is C19H19FN2O3. The first-order chi connectivity index (χ1) is 12.0. The molecule has 1 aliphatic rings. The molecule has 1 aromatic carbocycles. The van der Waals surface area contributed by atoms with E-state index in [1.54, 1.807) is 17.0 Å². The topological polar surface area (TPSA) is 59.5 Å². The van der Waals surface area contributed by atoms with Gasteiger partial charge in [-0.25, -0.2) is 4.39 Å². The second-order valence-corrected chi connectivity index (χ2v) is 6.02. The number of hydrogen-bond donors (Lipinski definition) is 0. The van der Waals surface area contributed by atoms with Crippen LogP contribution in [-0.2, 0) is 16.0 Å². The van der Waals surface area contributed by atoms with Gasteiger partial charge in [-0.1, -0.05) is 0 Å². The Bertz CT molecular complexity index is 818. The maximum Gasteiger partial charge on any atom is 0.307 e. The van der Waals surface area contributed by atoms with Gasteiger partial charge in [0.05, 0.1) is 24.8 Å². The zero-order valence-electron chi connectivity index (χ0n) is 14.2. The van der Waals surface area contributed by atoms with E-state index in [0.717, 1.165) is 11.3 Å². The fourth-order valence-corrected chi connectivity index (χ4v) is 3.05. The molecule has 0 unspecified atom stereocenters. The summed E-state index contributed by atoms with van der Waals surface area (Å²) in [5, 5.41) is 0. The monoisotopic (exact) mass is 342 g/mol. The molecule has 0 atom stereocenters. The molecular weight excluding hydrogens is 323 g/mol. The van der Waals surface area contributed by atoms with Crippen molar-refractivity contribution in [1.29, 1.82) is 0 Å². The molecule has 0 saturated heterocycles. The van der Waals surface area contributed by atoms with Gasteiger partial charge in [0.2, 0.25) is 0 Å². The van der Waals surface area contributed by atoms with Gasteiger partial charge in [0.25, 0.3) is 5.91 Å². The third-order valence-electron chi connectivity index (χ3n) is 4.31. The molecule has 0 aliphatic carbocycles. The molecule has 0 spiro atoms. The third-order valence-corrected chi connectivity index (χ3v) is 4.31. The molecule has 3 rings (SSSR count). The average Bonchev–Trinajstić information content (AvgIpc) is 2.60. The number of rotatable bonds is 4. The van der Waals surface area contributed by atoms with Crippen LogP contribution >= 0.6 is 0 Å². The number of nitrogens with zero attached hydrogens (tertiary/aromatic N) is 2. The summed E-state index contributed by atoms with van der Waals surface area (Å²) in [5.74, 6) is -0.840. The molecule has 25 heavy (non-hydrogen) atoms. The first-order valence-electron chi connectivity index (χ1n) is 8.12. The zero-order chi connectivity index (χ0) is 18.0. The summed E-state index contributed by atoms with van der Waals surface area (Å²) in [6.07, 6.45) is 0.850. The Morgan fingerprint density at radius 3 is 2.72 bits per heavy atom. The number of amides is 1. The molecule has 0 saturated carbocycles. The lowest BCUT2D eigenvalue weighted by Gasteiger charge is -2.29. The molecule has 1 amide bonds. The van der Waals surface area contributed by atoms with Gasteiger partial charge < -0.3 is 9.64 Å². The van der Waals surface area contributed by atoms with Crippen LogP contribution in [-0.4, -0.2) is 42.0 Å². The fourth-order valence-electron chi connectivity index (χ4n) is 3.05. The van der Waals surface area contributed by atoms with Gasteiger partial charge in [0.15, 0.2) is 0 Å². The van der Waals surface area contributed by atoms with Gasteiger partial charge in [-0.2, -0.15) is 0 Å². The molecule has 0 bridgehead atoms. The quantitative estimate of drug-likeness (QED) is 0.802. The number of aromatic nitrogens is 1. The smallest absolute Gasteiger partial charge is 0.307 e. The molecule has 130 valence electrons. The number of hydrogen-bond acceptors (Lipinski definition) is 4. The van der Waals surface area contributed by atoms with Crippen LogP contribution in [0.4, 0.5) is 4.39 Å². The normalized spacial score (nSPS) is 13.6. The number of pyridine rings is 1. The minimum absolute atomic E-state index is 0.156. The molecule has 2 aromatic rings. The lowest BCUT2D eigenvalue weighted by molar-refractivity contribution is -0.140. The van der Waals surface area contributed by atoms with Gasteiger partial charge in [0.1, 0.15) is 5.82 Å². The summed E-state index contributed by atoms with van der Waals surface area (Å²) < 4.78 is 17.9. The fraction of sp³-hybridized carbons (Fsp3) is 0.316. The summed E-state index contributed by atoms with van der Waals surface area (Å²) in [6, 6.07) is 7.87. The maximum absolute atomic E-state index is 13.2. The first kappa shape index (κ1) is 17.1. The van der Waals surface area contributed by atoms with E-state index in [0.29, 0.717) is 36.3 Å². The van der Waals surface area contributed by atoms with E-state index in [4.69, 9.17) is 0 Å². The van der Waals surface area contributed by atoms with E-state index in [1.165, 1.54) is 19.2 Å². The molecule has 2 heterocycles. The Balaban J connectivity index is 1.98. The standard InChI is InChI=1S/C19H19FN2O3/c1-12-11-14-7-9-22(10-8-16(23)25-2)19(24)17(14)18(21-12)13-3-5-15(20)6-4-13/h3-6,11H,7-10H2,1-2H3. The van der Waals surface area contributed by atoms with E-state index in [2.05, 4.69) is 9.72 Å². The summed E-state index contributed by atoms with van der Waals surface area (Å²) in [6.45, 7) is 2.73. The lowest BCUT2D eigenvalue weighted by atomic mass is 9.94. The average molecular weight is 342 g/mol. The van der Waals surface area contributed by atoms with E-state index in [-0.39, 0.29) is 24.1 Å². The van der Waals surface area contributed by atoms with Crippen LogP contribution in [0.5, 0.6) is 0 Å². The van der Waals surface area contributed by atoms with Crippen molar-refractivity contribution in [3.8, 4) is 11.3 Å². The number of benzene rings is 1. The number of aryl methyl sites for hydroxylation is 1. The van der Waals surface area contributed by atoms with Crippen molar-refractivity contribution < 1.29 is 18.7 Å². The lowest BCUT2D eigenvalue weighted by Crippen LogP contribution is -2.39. The van der Waals surface area contributed by atoms with Crippen molar-refractivity contribution >= 4 is 11.9 Å². The highest BCUT2D eigenvalue weighted by Gasteiger charge is 2.29. The predicted molar refractivity (Wildman–Crippen MR) is 90.6 cm³/mol. The van der Waals surface area contributed by atoms with Crippen LogP contribution in [0, 0.1) is 12.7 Å². The number of esters is 1. The highest BCUT2D eigenvalue weighted by molar-refractivity contribution is 6.02. The number of fused-ring (bicyclic) bond motifs is 1. The largest absolute Gasteiger partial charge is 0.469 e. The minimum Gasteiger partial charge on any atom is -0.469 e. The van der Waals surface area contributed by atoms with E-state index in [9.17, 15) is 14.0 Å². The summed E-state index contributed by atoms with van der Waals surface area (Å²) in [4.78, 5) is 30.5. The van der Waals surface area contributed by atoms with Gasteiger partial charge >= 0.3 is 5.97 Å². The van der Waals surface area contributed by atoms with Gasteiger partial charge in [0, 0.05) is 24.3 Å². The minimum atomic E-state index is -0.348. The molecule has 1 aromatic heterocycles. The third kappa shape index (κ3) is 3.52. The number of ether oxygens (including phenoxy) is 1. The molecule has 0 radical (unpaired) electrons. The first-order valence-corrected chi connectivity index (χ1v) is 8.12. The van der Waals surface area contributed by atoms with Crippen molar-refractivity contribution in [2.24, 2.45) is 0 Å². The van der Waals surface area contributed by atoms with Crippen LogP contribution in [0.15, 0.2) is 30.3 Å². The molecule has 0 fully saturated rings. The number of methoxy groups -OCH3 is 1. The van der Waals surface area contributed by atoms with Crippen LogP contribution in [0.1, 0.15) is 28.0 Å². The van der Waals surface area contributed by atoms with Crippen LogP contribution < -0.4 is 0 Å². The Kier molecular flexibility index (Phi) is 4.79. The van der Waals surface area contributed by atoms with E-state index >= 15 is 0 Å². The van der Waals surface area contributed by atoms with Crippen LogP contribution in [0.2, 0.25) is 0 Å². The van der Waals surface area contributed by atoms with Crippen molar-refractivity contribution in [1.82, 2.24) is 9.88 Å². The highest BCUT2D eigenvalue weighted by Crippen LogP contribution is 2.30. The molecule has 6 heteroatoms. The number of carbonyl (C=O) groups is 2.